The van der Waals surface area contributed by atoms with Crippen LogP contribution in [-0.4, -0.2) is 12.5 Å². The average Bonchev–Trinajstić information content (AvgIpc) is 2.42. The number of amides is 1. The minimum atomic E-state index is 0.0915. The first kappa shape index (κ1) is 18.4. The fourth-order valence-corrected chi connectivity index (χ4v) is 2.49. The van der Waals surface area contributed by atoms with Crippen LogP contribution in [0.5, 0.6) is 0 Å². The van der Waals surface area contributed by atoms with Gasteiger partial charge in [-0.05, 0) is 64.6 Å². The molecule has 0 spiro atoms. The molecule has 1 amide bonds. The van der Waals surface area contributed by atoms with Crippen LogP contribution in [0.4, 0.5) is 5.69 Å². The van der Waals surface area contributed by atoms with Gasteiger partial charge in [0.1, 0.15) is 0 Å². The molecule has 2 N–H and O–H groups in total. The zero-order chi connectivity index (χ0) is 15.9. The first-order valence-electron chi connectivity index (χ1n) is 7.67. The summed E-state index contributed by atoms with van der Waals surface area (Å²) in [6, 6.07) is 6.16. The van der Waals surface area contributed by atoms with Crippen molar-refractivity contribution in [3.8, 4) is 0 Å². The second-order valence-electron chi connectivity index (χ2n) is 6.22. The third-order valence-electron chi connectivity index (χ3n) is 3.69. The Hall–Kier alpha value is -0.620. The minimum absolute atomic E-state index is 0.0915. The van der Waals surface area contributed by atoms with Crippen molar-refractivity contribution >= 4 is 34.2 Å². The lowest BCUT2D eigenvalue weighted by Gasteiger charge is -2.23. The zero-order valence-corrected chi connectivity index (χ0v) is 15.7. The monoisotopic (exact) mass is 402 g/mol. The number of halogens is 1. The molecule has 0 atom stereocenters. The van der Waals surface area contributed by atoms with Crippen LogP contribution in [-0.2, 0) is 11.3 Å². The molecule has 1 aromatic carbocycles. The lowest BCUT2D eigenvalue weighted by molar-refractivity contribution is -0.116. The van der Waals surface area contributed by atoms with E-state index in [4.69, 9.17) is 0 Å². The number of anilines is 1. The Labute approximate surface area is 142 Å². The van der Waals surface area contributed by atoms with Crippen molar-refractivity contribution in [2.75, 3.05) is 11.9 Å². The van der Waals surface area contributed by atoms with E-state index in [9.17, 15) is 4.79 Å². The van der Waals surface area contributed by atoms with E-state index < -0.39 is 0 Å². The van der Waals surface area contributed by atoms with Gasteiger partial charge in [-0.15, -0.1) is 0 Å². The average molecular weight is 402 g/mol. The highest BCUT2D eigenvalue weighted by Gasteiger charge is 2.14. The Bertz CT molecular complexity index is 472. The molecule has 0 aliphatic heterocycles. The van der Waals surface area contributed by atoms with Gasteiger partial charge in [0, 0.05) is 28.8 Å². The molecule has 0 aliphatic rings. The molecular formula is C17H27IN2O. The topological polar surface area (TPSA) is 41.1 Å². The normalized spacial score (nSPS) is 11.5. The molecule has 0 aliphatic carbocycles. The first-order valence-corrected chi connectivity index (χ1v) is 8.75. The van der Waals surface area contributed by atoms with Gasteiger partial charge in [0.05, 0.1) is 0 Å². The van der Waals surface area contributed by atoms with Gasteiger partial charge >= 0.3 is 0 Å². The second-order valence-corrected chi connectivity index (χ2v) is 7.47. The molecule has 1 rings (SSSR count). The fraction of sp³-hybridized carbons (Fsp3) is 0.588. The molecule has 1 aromatic rings. The van der Waals surface area contributed by atoms with Crippen LogP contribution in [0.3, 0.4) is 0 Å². The van der Waals surface area contributed by atoms with Crippen molar-refractivity contribution in [3.63, 3.8) is 0 Å². The Kier molecular flexibility index (Phi) is 7.66. The molecule has 0 radical (unpaired) electrons. The third-order valence-corrected chi connectivity index (χ3v) is 4.37. The van der Waals surface area contributed by atoms with Gasteiger partial charge in [-0.2, -0.15) is 0 Å². The van der Waals surface area contributed by atoms with E-state index in [1.807, 2.05) is 19.1 Å². The zero-order valence-electron chi connectivity index (χ0n) is 13.6. The Morgan fingerprint density at radius 3 is 2.62 bits per heavy atom. The molecule has 0 bridgehead atoms. The van der Waals surface area contributed by atoms with Gasteiger partial charge in [-0.3, -0.25) is 4.79 Å². The van der Waals surface area contributed by atoms with Crippen LogP contribution in [0, 0.1) is 8.99 Å². The highest BCUT2D eigenvalue weighted by molar-refractivity contribution is 14.1. The van der Waals surface area contributed by atoms with Gasteiger partial charge in [0.25, 0.3) is 0 Å². The number of carbonyl (C=O) groups is 1. The molecule has 4 heteroatoms. The van der Waals surface area contributed by atoms with Gasteiger partial charge in [-0.25, -0.2) is 0 Å². The predicted molar refractivity (Wildman–Crippen MR) is 98.5 cm³/mol. The predicted octanol–water partition coefficient (Wildman–Crippen LogP) is 4.56. The summed E-state index contributed by atoms with van der Waals surface area (Å²) in [5, 5.41) is 6.53. The Balaban J connectivity index is 2.71. The minimum Gasteiger partial charge on any atom is -0.326 e. The summed E-state index contributed by atoms with van der Waals surface area (Å²) >= 11 is 2.31. The quantitative estimate of drug-likeness (QED) is 0.627. The maximum Gasteiger partial charge on any atom is 0.224 e. The van der Waals surface area contributed by atoms with Crippen molar-refractivity contribution in [1.82, 2.24) is 5.32 Å². The lowest BCUT2D eigenvalue weighted by Crippen LogP contribution is -2.28. The van der Waals surface area contributed by atoms with Crippen molar-refractivity contribution < 1.29 is 4.79 Å². The highest BCUT2D eigenvalue weighted by Crippen LogP contribution is 2.21. The summed E-state index contributed by atoms with van der Waals surface area (Å²) in [5.41, 5.74) is 2.38. The van der Waals surface area contributed by atoms with Crippen molar-refractivity contribution in [1.29, 1.82) is 0 Å². The maximum absolute atomic E-state index is 11.8. The first-order chi connectivity index (χ1) is 9.88. The van der Waals surface area contributed by atoms with Gasteiger partial charge in [-0.1, -0.05) is 27.7 Å². The van der Waals surface area contributed by atoms with Crippen molar-refractivity contribution in [2.45, 2.75) is 53.5 Å². The maximum atomic E-state index is 11.8. The summed E-state index contributed by atoms with van der Waals surface area (Å²) in [6.45, 7) is 10.5. The highest BCUT2D eigenvalue weighted by atomic mass is 127. The second kappa shape index (κ2) is 8.73. The molecule has 21 heavy (non-hydrogen) atoms. The van der Waals surface area contributed by atoms with Crippen LogP contribution in [0.15, 0.2) is 18.2 Å². The van der Waals surface area contributed by atoms with Gasteiger partial charge in [0.15, 0.2) is 0 Å². The summed E-state index contributed by atoms with van der Waals surface area (Å²) < 4.78 is 1.19. The van der Waals surface area contributed by atoms with Crippen LogP contribution in [0.25, 0.3) is 0 Å². The summed E-state index contributed by atoms with van der Waals surface area (Å²) in [6.07, 6.45) is 2.59. The molecule has 0 saturated heterocycles. The van der Waals surface area contributed by atoms with E-state index in [0.717, 1.165) is 37.2 Å². The largest absolute Gasteiger partial charge is 0.326 e. The van der Waals surface area contributed by atoms with Crippen molar-refractivity contribution in [3.05, 3.63) is 27.3 Å². The van der Waals surface area contributed by atoms with Gasteiger partial charge < -0.3 is 10.6 Å². The van der Waals surface area contributed by atoms with Crippen LogP contribution in [0.1, 0.15) is 52.5 Å². The van der Waals surface area contributed by atoms with Crippen LogP contribution in [0.2, 0.25) is 0 Å². The number of benzene rings is 1. The Morgan fingerprint density at radius 2 is 2.00 bits per heavy atom. The molecule has 0 fully saturated rings. The summed E-state index contributed by atoms with van der Waals surface area (Å²) in [4.78, 5) is 11.8. The summed E-state index contributed by atoms with van der Waals surface area (Å²) in [5.74, 6) is 0.0915. The van der Waals surface area contributed by atoms with E-state index in [-0.39, 0.29) is 5.91 Å². The molecule has 0 saturated carbocycles. The molecule has 0 heterocycles. The van der Waals surface area contributed by atoms with E-state index in [1.165, 1.54) is 3.57 Å². The molecule has 0 aromatic heterocycles. The van der Waals surface area contributed by atoms with E-state index in [2.05, 4.69) is 60.1 Å². The standard InChI is InChI=1S/C17H27IN2O/c1-5-7-16(21)20-15-9-8-14(18)10-13(15)11-19-12-17(3,4)6-2/h8-10,19H,5-7,11-12H2,1-4H3,(H,20,21). The van der Waals surface area contributed by atoms with E-state index in [0.29, 0.717) is 11.8 Å². The molecule has 3 nitrogen and oxygen atoms in total. The number of rotatable bonds is 8. The fourth-order valence-electron chi connectivity index (χ4n) is 1.93. The van der Waals surface area contributed by atoms with Gasteiger partial charge in [0.2, 0.25) is 5.91 Å². The van der Waals surface area contributed by atoms with E-state index in [1.54, 1.807) is 0 Å². The lowest BCUT2D eigenvalue weighted by atomic mass is 9.90. The smallest absolute Gasteiger partial charge is 0.224 e. The molecular weight excluding hydrogens is 375 g/mol. The number of hydrogen-bond acceptors (Lipinski definition) is 2. The molecule has 0 unspecified atom stereocenters. The molecule has 118 valence electrons. The van der Waals surface area contributed by atoms with E-state index >= 15 is 0 Å². The third kappa shape index (κ3) is 6.78. The van der Waals surface area contributed by atoms with Crippen LogP contribution < -0.4 is 10.6 Å². The number of carbonyl (C=O) groups excluding carboxylic acids is 1. The number of hydrogen-bond donors (Lipinski definition) is 2. The van der Waals surface area contributed by atoms with Crippen LogP contribution >= 0.6 is 22.6 Å². The Morgan fingerprint density at radius 1 is 1.29 bits per heavy atom. The SMILES string of the molecule is CCCC(=O)Nc1ccc(I)cc1CNCC(C)(C)CC. The van der Waals surface area contributed by atoms with Crippen molar-refractivity contribution in [2.24, 2.45) is 5.41 Å². The summed E-state index contributed by atoms with van der Waals surface area (Å²) in [7, 11) is 0. The number of nitrogens with one attached hydrogen (secondary N) is 2.